The van der Waals surface area contributed by atoms with Crippen LogP contribution >= 0.6 is 0 Å². The standard InChI is InChI=1S/C21H34N2/c1-3-17-14-16(2)20(22-18-10-6-4-7-11-18)15-21(17)23-19-12-8-5-9-13-19/h14-15,18-19,22-23H,3-13H2,1-2H3. The Bertz CT molecular complexity index is 497. The molecule has 0 heterocycles. The molecule has 2 saturated carbocycles. The van der Waals surface area contributed by atoms with Crippen molar-refractivity contribution in [2.75, 3.05) is 10.6 Å². The molecule has 3 rings (SSSR count). The summed E-state index contributed by atoms with van der Waals surface area (Å²) in [6, 6.07) is 6.16. The van der Waals surface area contributed by atoms with Gasteiger partial charge in [-0.25, -0.2) is 0 Å². The molecule has 2 N–H and O–H groups in total. The van der Waals surface area contributed by atoms with Crippen LogP contribution in [0, 0.1) is 6.92 Å². The van der Waals surface area contributed by atoms with Crippen molar-refractivity contribution in [1.29, 1.82) is 0 Å². The Morgan fingerprint density at radius 1 is 0.783 bits per heavy atom. The summed E-state index contributed by atoms with van der Waals surface area (Å²) in [5.41, 5.74) is 5.61. The molecule has 0 saturated heterocycles. The van der Waals surface area contributed by atoms with Gasteiger partial charge in [0.25, 0.3) is 0 Å². The van der Waals surface area contributed by atoms with E-state index >= 15 is 0 Å². The van der Waals surface area contributed by atoms with Crippen LogP contribution in [0.15, 0.2) is 12.1 Å². The lowest BCUT2D eigenvalue weighted by molar-refractivity contribution is 0.461. The first-order valence-electron chi connectivity index (χ1n) is 9.93. The van der Waals surface area contributed by atoms with Crippen molar-refractivity contribution in [3.8, 4) is 0 Å². The van der Waals surface area contributed by atoms with Crippen LogP contribution in [0.2, 0.25) is 0 Å². The molecular formula is C21H34N2. The van der Waals surface area contributed by atoms with Gasteiger partial charge in [-0.15, -0.1) is 0 Å². The molecule has 2 aliphatic rings. The van der Waals surface area contributed by atoms with Gasteiger partial charge < -0.3 is 10.6 Å². The van der Waals surface area contributed by atoms with Crippen molar-refractivity contribution in [3.05, 3.63) is 23.3 Å². The highest BCUT2D eigenvalue weighted by Gasteiger charge is 2.17. The van der Waals surface area contributed by atoms with Crippen molar-refractivity contribution >= 4 is 11.4 Å². The number of aryl methyl sites for hydroxylation is 2. The second-order valence-electron chi connectivity index (χ2n) is 7.64. The highest BCUT2D eigenvalue weighted by atomic mass is 14.9. The number of hydrogen-bond donors (Lipinski definition) is 2. The van der Waals surface area contributed by atoms with Crippen molar-refractivity contribution in [3.63, 3.8) is 0 Å². The van der Waals surface area contributed by atoms with Gasteiger partial charge in [-0.05, 0) is 56.2 Å². The molecular weight excluding hydrogens is 280 g/mol. The number of benzene rings is 1. The highest BCUT2D eigenvalue weighted by Crippen LogP contribution is 2.31. The van der Waals surface area contributed by atoms with E-state index in [9.17, 15) is 0 Å². The lowest BCUT2D eigenvalue weighted by Crippen LogP contribution is -2.24. The minimum Gasteiger partial charge on any atom is -0.382 e. The van der Waals surface area contributed by atoms with E-state index in [0.717, 1.165) is 6.42 Å². The molecule has 128 valence electrons. The molecule has 1 aromatic rings. The van der Waals surface area contributed by atoms with Gasteiger partial charge in [0.2, 0.25) is 0 Å². The Hall–Kier alpha value is -1.18. The molecule has 0 radical (unpaired) electrons. The van der Waals surface area contributed by atoms with Gasteiger partial charge in [0, 0.05) is 23.5 Å². The number of nitrogens with one attached hydrogen (secondary N) is 2. The zero-order valence-corrected chi connectivity index (χ0v) is 15.1. The lowest BCUT2D eigenvalue weighted by atomic mass is 9.93. The summed E-state index contributed by atoms with van der Waals surface area (Å²) in [6.45, 7) is 4.53. The molecule has 0 aromatic heterocycles. The van der Waals surface area contributed by atoms with E-state index in [-0.39, 0.29) is 0 Å². The predicted molar refractivity (Wildman–Crippen MR) is 102 cm³/mol. The third-order valence-electron chi connectivity index (χ3n) is 5.76. The summed E-state index contributed by atoms with van der Waals surface area (Å²) in [7, 11) is 0. The van der Waals surface area contributed by atoms with Crippen LogP contribution in [0.3, 0.4) is 0 Å². The Kier molecular flexibility index (Phi) is 5.85. The number of rotatable bonds is 5. The first-order valence-corrected chi connectivity index (χ1v) is 9.93. The van der Waals surface area contributed by atoms with E-state index < -0.39 is 0 Å². The Morgan fingerprint density at radius 3 is 1.83 bits per heavy atom. The average Bonchev–Trinajstić information content (AvgIpc) is 2.59. The topological polar surface area (TPSA) is 24.1 Å². The maximum absolute atomic E-state index is 3.87. The molecule has 2 heteroatoms. The first-order chi connectivity index (χ1) is 11.3. The van der Waals surface area contributed by atoms with Gasteiger partial charge >= 0.3 is 0 Å². The molecule has 0 aliphatic heterocycles. The predicted octanol–water partition coefficient (Wildman–Crippen LogP) is 6.05. The van der Waals surface area contributed by atoms with E-state index in [2.05, 4.69) is 36.6 Å². The maximum Gasteiger partial charge on any atom is 0.0395 e. The molecule has 1 aromatic carbocycles. The van der Waals surface area contributed by atoms with E-state index in [1.54, 1.807) is 0 Å². The summed E-state index contributed by atoms with van der Waals surface area (Å²) >= 11 is 0. The molecule has 0 unspecified atom stereocenters. The number of anilines is 2. The molecule has 0 bridgehead atoms. The quantitative estimate of drug-likeness (QED) is 0.691. The van der Waals surface area contributed by atoms with Crippen molar-refractivity contribution in [1.82, 2.24) is 0 Å². The van der Waals surface area contributed by atoms with E-state index in [1.165, 1.54) is 86.7 Å². The Balaban J connectivity index is 1.74. The minimum absolute atomic E-state index is 0.678. The third kappa shape index (κ3) is 4.43. The summed E-state index contributed by atoms with van der Waals surface area (Å²) < 4.78 is 0. The normalized spacial score (nSPS) is 20.4. The molecule has 2 nitrogen and oxygen atoms in total. The van der Waals surface area contributed by atoms with Crippen molar-refractivity contribution < 1.29 is 0 Å². The largest absolute Gasteiger partial charge is 0.382 e. The third-order valence-corrected chi connectivity index (χ3v) is 5.76. The van der Waals surface area contributed by atoms with Crippen LogP contribution in [0.25, 0.3) is 0 Å². The second kappa shape index (κ2) is 8.08. The fourth-order valence-electron chi connectivity index (χ4n) is 4.28. The van der Waals surface area contributed by atoms with Crippen LogP contribution in [0.5, 0.6) is 0 Å². The van der Waals surface area contributed by atoms with Gasteiger partial charge in [-0.1, -0.05) is 51.5 Å². The molecule has 0 amide bonds. The Labute approximate surface area is 142 Å². The van der Waals surface area contributed by atoms with Gasteiger partial charge in [-0.2, -0.15) is 0 Å². The van der Waals surface area contributed by atoms with Crippen LogP contribution in [-0.2, 0) is 6.42 Å². The van der Waals surface area contributed by atoms with Crippen LogP contribution < -0.4 is 10.6 Å². The summed E-state index contributed by atoms with van der Waals surface area (Å²) in [5.74, 6) is 0. The SMILES string of the molecule is CCc1cc(C)c(NC2CCCCC2)cc1NC1CCCCC1. The van der Waals surface area contributed by atoms with Gasteiger partial charge in [-0.3, -0.25) is 0 Å². The molecule has 23 heavy (non-hydrogen) atoms. The first kappa shape index (κ1) is 16.7. The smallest absolute Gasteiger partial charge is 0.0395 e. The van der Waals surface area contributed by atoms with Crippen LogP contribution in [-0.4, -0.2) is 12.1 Å². The van der Waals surface area contributed by atoms with Gasteiger partial charge in [0.1, 0.15) is 0 Å². The molecule has 2 fully saturated rings. The van der Waals surface area contributed by atoms with Gasteiger partial charge in [0.15, 0.2) is 0 Å². The van der Waals surface area contributed by atoms with Crippen LogP contribution in [0.1, 0.15) is 82.3 Å². The summed E-state index contributed by atoms with van der Waals surface area (Å²) in [4.78, 5) is 0. The average molecular weight is 315 g/mol. The monoisotopic (exact) mass is 314 g/mol. The zero-order chi connectivity index (χ0) is 16.1. The Morgan fingerprint density at radius 2 is 1.30 bits per heavy atom. The summed E-state index contributed by atoms with van der Waals surface area (Å²) in [5, 5.41) is 7.70. The minimum atomic E-state index is 0.678. The molecule has 2 aliphatic carbocycles. The van der Waals surface area contributed by atoms with Gasteiger partial charge in [0.05, 0.1) is 0 Å². The van der Waals surface area contributed by atoms with E-state index in [0.29, 0.717) is 12.1 Å². The van der Waals surface area contributed by atoms with E-state index in [1.807, 2.05) is 0 Å². The van der Waals surface area contributed by atoms with Crippen molar-refractivity contribution in [2.24, 2.45) is 0 Å². The van der Waals surface area contributed by atoms with Crippen molar-refractivity contribution in [2.45, 2.75) is 96.6 Å². The molecule has 0 spiro atoms. The lowest BCUT2D eigenvalue weighted by Gasteiger charge is -2.28. The maximum atomic E-state index is 3.87. The highest BCUT2D eigenvalue weighted by molar-refractivity contribution is 5.66. The fraction of sp³-hybridized carbons (Fsp3) is 0.714. The number of hydrogen-bond acceptors (Lipinski definition) is 2. The van der Waals surface area contributed by atoms with Crippen LogP contribution in [0.4, 0.5) is 11.4 Å². The molecule has 0 atom stereocenters. The summed E-state index contributed by atoms with van der Waals surface area (Å²) in [6.07, 6.45) is 14.8. The zero-order valence-electron chi connectivity index (χ0n) is 15.1. The fourth-order valence-corrected chi connectivity index (χ4v) is 4.28. The van der Waals surface area contributed by atoms with E-state index in [4.69, 9.17) is 0 Å². The second-order valence-corrected chi connectivity index (χ2v) is 7.64.